The van der Waals surface area contributed by atoms with Crippen LogP contribution in [-0.4, -0.2) is 6.04 Å². The van der Waals surface area contributed by atoms with Gasteiger partial charge in [-0.25, -0.2) is 0 Å². The van der Waals surface area contributed by atoms with Crippen molar-refractivity contribution in [1.29, 1.82) is 0 Å². The Bertz CT molecular complexity index is 363. The molecule has 0 heterocycles. The average molecular weight is 241 g/mol. The lowest BCUT2D eigenvalue weighted by molar-refractivity contribution is 0.494. The molecule has 2 nitrogen and oxygen atoms in total. The van der Waals surface area contributed by atoms with Crippen molar-refractivity contribution >= 4 is 23.0 Å². The predicted molar refractivity (Wildman–Crippen MR) is 73.1 cm³/mol. The molecule has 0 spiro atoms. The van der Waals surface area contributed by atoms with Crippen LogP contribution in [0, 0.1) is 12.8 Å². The summed E-state index contributed by atoms with van der Waals surface area (Å²) in [7, 11) is 0. The van der Waals surface area contributed by atoms with E-state index in [-0.39, 0.29) is 0 Å². The first-order chi connectivity index (χ1) is 7.45. The van der Waals surface area contributed by atoms with Crippen LogP contribution in [0.1, 0.15) is 32.8 Å². The summed E-state index contributed by atoms with van der Waals surface area (Å²) in [6, 6.07) is 4.25. The lowest BCUT2D eigenvalue weighted by Crippen LogP contribution is -2.23. The molecule has 0 fully saturated rings. The standard InChI is InChI=1S/C13H21ClN2/c1-5-8(2)10(4)16-13-7-11(14)12(15)6-9(13)3/h6-8,10,16H,5,15H2,1-4H3. The minimum Gasteiger partial charge on any atom is -0.398 e. The van der Waals surface area contributed by atoms with E-state index in [0.29, 0.717) is 22.7 Å². The van der Waals surface area contributed by atoms with E-state index in [9.17, 15) is 0 Å². The lowest BCUT2D eigenvalue weighted by Gasteiger charge is -2.22. The second kappa shape index (κ2) is 5.44. The van der Waals surface area contributed by atoms with Crippen molar-refractivity contribution < 1.29 is 0 Å². The Morgan fingerprint density at radius 1 is 1.38 bits per heavy atom. The third-order valence-electron chi connectivity index (χ3n) is 3.22. The number of nitrogens with two attached hydrogens (primary N) is 1. The van der Waals surface area contributed by atoms with Gasteiger partial charge in [-0.15, -0.1) is 0 Å². The number of nitrogens with one attached hydrogen (secondary N) is 1. The normalized spacial score (nSPS) is 14.6. The van der Waals surface area contributed by atoms with Gasteiger partial charge in [-0.3, -0.25) is 0 Å². The van der Waals surface area contributed by atoms with Gasteiger partial charge in [0.15, 0.2) is 0 Å². The number of nitrogen functional groups attached to an aromatic ring is 1. The third kappa shape index (κ3) is 3.05. The molecule has 0 aromatic heterocycles. The highest BCUT2D eigenvalue weighted by molar-refractivity contribution is 6.33. The maximum atomic E-state index is 6.02. The number of hydrogen-bond donors (Lipinski definition) is 2. The van der Waals surface area contributed by atoms with E-state index in [2.05, 4.69) is 26.1 Å². The molecular weight excluding hydrogens is 220 g/mol. The molecule has 3 N–H and O–H groups in total. The molecule has 1 aromatic carbocycles. The first kappa shape index (κ1) is 13.2. The quantitative estimate of drug-likeness (QED) is 0.779. The largest absolute Gasteiger partial charge is 0.398 e. The van der Waals surface area contributed by atoms with Crippen molar-refractivity contribution in [2.45, 2.75) is 40.2 Å². The second-order valence-corrected chi connectivity index (χ2v) is 4.91. The van der Waals surface area contributed by atoms with E-state index in [1.54, 1.807) is 0 Å². The average Bonchev–Trinajstić information content (AvgIpc) is 2.24. The Morgan fingerprint density at radius 3 is 2.56 bits per heavy atom. The zero-order chi connectivity index (χ0) is 12.3. The van der Waals surface area contributed by atoms with Gasteiger partial charge in [0.1, 0.15) is 0 Å². The van der Waals surface area contributed by atoms with E-state index in [1.165, 1.54) is 0 Å². The van der Waals surface area contributed by atoms with Gasteiger partial charge >= 0.3 is 0 Å². The number of hydrogen-bond acceptors (Lipinski definition) is 2. The molecule has 0 radical (unpaired) electrons. The fourth-order valence-electron chi connectivity index (χ4n) is 1.60. The molecule has 0 aliphatic carbocycles. The van der Waals surface area contributed by atoms with E-state index < -0.39 is 0 Å². The van der Waals surface area contributed by atoms with Gasteiger partial charge in [0.2, 0.25) is 0 Å². The summed E-state index contributed by atoms with van der Waals surface area (Å²) >= 11 is 6.02. The van der Waals surface area contributed by atoms with Crippen molar-refractivity contribution in [3.05, 3.63) is 22.7 Å². The summed E-state index contributed by atoms with van der Waals surface area (Å²) in [5.41, 5.74) is 8.60. The number of rotatable bonds is 4. The van der Waals surface area contributed by atoms with Crippen LogP contribution in [0.5, 0.6) is 0 Å². The van der Waals surface area contributed by atoms with Gasteiger partial charge in [-0.05, 0) is 37.5 Å². The van der Waals surface area contributed by atoms with Crippen LogP contribution < -0.4 is 11.1 Å². The van der Waals surface area contributed by atoms with Crippen molar-refractivity contribution in [2.24, 2.45) is 5.92 Å². The summed E-state index contributed by atoms with van der Waals surface area (Å²) in [6.07, 6.45) is 1.16. The molecule has 3 heteroatoms. The Kier molecular flexibility index (Phi) is 4.48. The van der Waals surface area contributed by atoms with Crippen LogP contribution in [0.25, 0.3) is 0 Å². The van der Waals surface area contributed by atoms with E-state index in [0.717, 1.165) is 17.7 Å². The Balaban J connectivity index is 2.85. The molecule has 0 amide bonds. The molecule has 1 aromatic rings. The van der Waals surface area contributed by atoms with Gasteiger partial charge in [-0.1, -0.05) is 31.9 Å². The highest BCUT2D eigenvalue weighted by atomic mass is 35.5. The van der Waals surface area contributed by atoms with Gasteiger partial charge < -0.3 is 11.1 Å². The molecule has 0 saturated heterocycles. The molecule has 0 bridgehead atoms. The molecule has 0 aliphatic rings. The van der Waals surface area contributed by atoms with Gasteiger partial charge in [0.25, 0.3) is 0 Å². The molecule has 16 heavy (non-hydrogen) atoms. The van der Waals surface area contributed by atoms with Crippen molar-refractivity contribution in [3.8, 4) is 0 Å². The smallest absolute Gasteiger partial charge is 0.0656 e. The fraction of sp³-hybridized carbons (Fsp3) is 0.538. The number of aryl methyl sites for hydroxylation is 1. The zero-order valence-corrected chi connectivity index (χ0v) is 11.2. The number of halogens is 1. The molecule has 90 valence electrons. The molecule has 0 saturated carbocycles. The van der Waals surface area contributed by atoms with Crippen LogP contribution in [0.3, 0.4) is 0 Å². The van der Waals surface area contributed by atoms with Crippen molar-refractivity contribution in [2.75, 3.05) is 11.1 Å². The monoisotopic (exact) mass is 240 g/mol. The Labute approximate surface area is 103 Å². The highest BCUT2D eigenvalue weighted by Crippen LogP contribution is 2.28. The molecule has 2 atom stereocenters. The fourth-order valence-corrected chi connectivity index (χ4v) is 1.76. The first-order valence-corrected chi connectivity index (χ1v) is 6.15. The summed E-state index contributed by atoms with van der Waals surface area (Å²) in [5.74, 6) is 0.635. The summed E-state index contributed by atoms with van der Waals surface area (Å²) in [4.78, 5) is 0. The van der Waals surface area contributed by atoms with E-state index in [4.69, 9.17) is 17.3 Å². The predicted octanol–water partition coefficient (Wildman–Crippen LogP) is 4.08. The summed E-state index contributed by atoms with van der Waals surface area (Å²) in [5, 5.41) is 4.10. The van der Waals surface area contributed by atoms with Gasteiger partial charge in [-0.2, -0.15) is 0 Å². The molecular formula is C13H21ClN2. The molecule has 2 unspecified atom stereocenters. The Morgan fingerprint density at radius 2 is 2.00 bits per heavy atom. The SMILES string of the molecule is CCC(C)C(C)Nc1cc(Cl)c(N)cc1C. The minimum atomic E-state index is 0.434. The highest BCUT2D eigenvalue weighted by Gasteiger charge is 2.11. The first-order valence-electron chi connectivity index (χ1n) is 5.77. The number of benzene rings is 1. The summed E-state index contributed by atoms with van der Waals surface area (Å²) < 4.78 is 0. The maximum absolute atomic E-state index is 6.02. The second-order valence-electron chi connectivity index (χ2n) is 4.51. The van der Waals surface area contributed by atoms with E-state index in [1.807, 2.05) is 19.1 Å². The van der Waals surface area contributed by atoms with Crippen LogP contribution in [0.2, 0.25) is 5.02 Å². The third-order valence-corrected chi connectivity index (χ3v) is 3.55. The lowest BCUT2D eigenvalue weighted by atomic mass is 10.00. The molecule has 1 rings (SSSR count). The van der Waals surface area contributed by atoms with Gasteiger partial charge in [0.05, 0.1) is 10.7 Å². The minimum absolute atomic E-state index is 0.434. The summed E-state index contributed by atoms with van der Waals surface area (Å²) in [6.45, 7) is 8.67. The van der Waals surface area contributed by atoms with E-state index >= 15 is 0 Å². The van der Waals surface area contributed by atoms with Crippen LogP contribution >= 0.6 is 11.6 Å². The number of anilines is 2. The maximum Gasteiger partial charge on any atom is 0.0656 e. The zero-order valence-electron chi connectivity index (χ0n) is 10.5. The molecule has 0 aliphatic heterocycles. The van der Waals surface area contributed by atoms with Crippen LogP contribution in [0.15, 0.2) is 12.1 Å². The Hall–Kier alpha value is -0.890. The van der Waals surface area contributed by atoms with Gasteiger partial charge in [0, 0.05) is 11.7 Å². The topological polar surface area (TPSA) is 38.0 Å². The van der Waals surface area contributed by atoms with Crippen LogP contribution in [-0.2, 0) is 0 Å². The van der Waals surface area contributed by atoms with Crippen molar-refractivity contribution in [3.63, 3.8) is 0 Å². The van der Waals surface area contributed by atoms with Crippen molar-refractivity contribution in [1.82, 2.24) is 0 Å². The van der Waals surface area contributed by atoms with Crippen LogP contribution in [0.4, 0.5) is 11.4 Å².